The molecule has 5 rings (SSSR count). The maximum absolute atomic E-state index is 6.12. The van der Waals surface area contributed by atoms with Crippen LogP contribution in [0.5, 0.6) is 11.5 Å². The molecule has 0 spiro atoms. The molecule has 0 N–H and O–H groups in total. The fourth-order valence-electron chi connectivity index (χ4n) is 4.04. The predicted molar refractivity (Wildman–Crippen MR) is 149 cm³/mol. The molecule has 1 saturated heterocycles. The smallest absolute Gasteiger partial charge is 0.199 e. The Hall–Kier alpha value is -2.48. The highest BCUT2D eigenvalue weighted by Gasteiger charge is 2.28. The summed E-state index contributed by atoms with van der Waals surface area (Å²) in [5.41, 5.74) is 1.11. The van der Waals surface area contributed by atoms with Crippen molar-refractivity contribution in [3.05, 3.63) is 112 Å². The highest BCUT2D eigenvalue weighted by atomic mass is 127. The summed E-state index contributed by atoms with van der Waals surface area (Å²) in [6.45, 7) is 1.29. The van der Waals surface area contributed by atoms with Gasteiger partial charge < -0.3 is 14.2 Å². The first-order valence-corrected chi connectivity index (χ1v) is 14.2. The maximum Gasteiger partial charge on any atom is 0.199 e. The molecule has 1 aliphatic rings. The second-order valence-corrected chi connectivity index (χ2v) is 11.6. The minimum absolute atomic E-state index is 0.130. The van der Waals surface area contributed by atoms with Crippen LogP contribution in [0, 0.1) is 3.57 Å². The highest BCUT2D eigenvalue weighted by molar-refractivity contribution is 14.1. The van der Waals surface area contributed by atoms with Crippen molar-refractivity contribution < 1.29 is 14.2 Å². The molecule has 0 aliphatic carbocycles. The lowest BCUT2D eigenvalue weighted by molar-refractivity contribution is -0.106. The molecule has 1 unspecified atom stereocenters. The summed E-state index contributed by atoms with van der Waals surface area (Å²) in [5, 5.41) is 0. The van der Waals surface area contributed by atoms with Crippen LogP contribution in [0.25, 0.3) is 0 Å². The molecule has 0 aromatic heterocycles. The molecular formula is C30H28IO3S+. The van der Waals surface area contributed by atoms with Crippen LogP contribution in [0.4, 0.5) is 0 Å². The van der Waals surface area contributed by atoms with Gasteiger partial charge in [0.25, 0.3) is 0 Å². The molecule has 178 valence electrons. The summed E-state index contributed by atoms with van der Waals surface area (Å²) in [7, 11) is -0.153. The second kappa shape index (κ2) is 12.0. The molecule has 0 saturated carbocycles. The van der Waals surface area contributed by atoms with Crippen LogP contribution in [0.1, 0.15) is 24.8 Å². The number of halogens is 1. The van der Waals surface area contributed by atoms with E-state index in [1.54, 1.807) is 0 Å². The lowest BCUT2D eigenvalue weighted by atomic mass is 10.2. The third kappa shape index (κ3) is 6.40. The summed E-state index contributed by atoms with van der Waals surface area (Å²) in [5.74, 6) is 1.74. The molecule has 0 bridgehead atoms. The number of hydrogen-bond donors (Lipinski definition) is 0. The van der Waals surface area contributed by atoms with E-state index in [9.17, 15) is 0 Å². The van der Waals surface area contributed by atoms with Crippen molar-refractivity contribution in [2.75, 3.05) is 6.61 Å². The molecule has 1 aliphatic heterocycles. The average Bonchev–Trinajstić information content (AvgIpc) is 2.92. The standard InChI is InChI=1S/C30H28IO3S/c31-28-21-23(14-19-29(28)34-30-13-7-8-20-32-30)22-33-24-15-17-27(18-16-24)35(25-9-3-1-4-10-25)26-11-5-2-6-12-26/h1-6,9-12,14-19,21,30H,7-8,13,20,22H2/q+1. The van der Waals surface area contributed by atoms with Crippen molar-refractivity contribution in [2.24, 2.45) is 0 Å². The Morgan fingerprint density at radius 3 is 2.03 bits per heavy atom. The number of hydrogen-bond acceptors (Lipinski definition) is 3. The zero-order chi connectivity index (χ0) is 23.9. The van der Waals surface area contributed by atoms with Gasteiger partial charge in [-0.2, -0.15) is 0 Å². The van der Waals surface area contributed by atoms with Gasteiger partial charge in [-0.15, -0.1) is 0 Å². The van der Waals surface area contributed by atoms with Crippen molar-refractivity contribution in [2.45, 2.75) is 46.8 Å². The summed E-state index contributed by atoms with van der Waals surface area (Å²) >= 11 is 2.32. The van der Waals surface area contributed by atoms with Gasteiger partial charge in [0.1, 0.15) is 18.1 Å². The Morgan fingerprint density at radius 1 is 0.771 bits per heavy atom. The zero-order valence-electron chi connectivity index (χ0n) is 19.4. The Kier molecular flexibility index (Phi) is 8.29. The topological polar surface area (TPSA) is 27.7 Å². The van der Waals surface area contributed by atoms with Crippen LogP contribution in [0.2, 0.25) is 0 Å². The summed E-state index contributed by atoms with van der Waals surface area (Å²) < 4.78 is 18.9. The van der Waals surface area contributed by atoms with Crippen LogP contribution >= 0.6 is 22.6 Å². The Labute approximate surface area is 223 Å². The summed E-state index contributed by atoms with van der Waals surface area (Å²) in [6.07, 6.45) is 3.10. The third-order valence-electron chi connectivity index (χ3n) is 5.82. The molecule has 3 nitrogen and oxygen atoms in total. The summed E-state index contributed by atoms with van der Waals surface area (Å²) in [6, 6.07) is 36.1. The van der Waals surface area contributed by atoms with E-state index >= 15 is 0 Å². The van der Waals surface area contributed by atoms with Crippen molar-refractivity contribution >= 4 is 33.5 Å². The van der Waals surface area contributed by atoms with Gasteiger partial charge in [0.05, 0.1) is 21.1 Å². The van der Waals surface area contributed by atoms with Crippen molar-refractivity contribution in [1.82, 2.24) is 0 Å². The van der Waals surface area contributed by atoms with E-state index in [2.05, 4.69) is 120 Å². The van der Waals surface area contributed by atoms with Gasteiger partial charge in [-0.25, -0.2) is 0 Å². The molecule has 0 radical (unpaired) electrons. The normalized spacial score (nSPS) is 15.7. The monoisotopic (exact) mass is 595 g/mol. The van der Waals surface area contributed by atoms with Crippen LogP contribution in [-0.4, -0.2) is 12.9 Å². The summed E-state index contributed by atoms with van der Waals surface area (Å²) in [4.78, 5) is 3.89. The SMILES string of the molecule is Ic1cc(COc2ccc([S+](c3ccccc3)c3ccccc3)cc2)ccc1OC1CCCCO1. The highest BCUT2D eigenvalue weighted by Crippen LogP contribution is 2.32. The maximum atomic E-state index is 6.12. The first kappa shape index (κ1) is 24.2. The van der Waals surface area contributed by atoms with Crippen LogP contribution < -0.4 is 9.47 Å². The van der Waals surface area contributed by atoms with E-state index < -0.39 is 0 Å². The van der Waals surface area contributed by atoms with Crippen LogP contribution in [0.15, 0.2) is 118 Å². The van der Waals surface area contributed by atoms with E-state index in [0.29, 0.717) is 6.61 Å². The molecule has 5 heteroatoms. The van der Waals surface area contributed by atoms with Gasteiger partial charge >= 0.3 is 0 Å². The Bertz CT molecular complexity index is 1170. The fourth-order valence-corrected chi connectivity index (χ4v) is 6.83. The van der Waals surface area contributed by atoms with Gasteiger partial charge in [0.2, 0.25) is 0 Å². The largest absolute Gasteiger partial charge is 0.489 e. The zero-order valence-corrected chi connectivity index (χ0v) is 22.4. The molecule has 35 heavy (non-hydrogen) atoms. The quantitative estimate of drug-likeness (QED) is 0.153. The molecule has 0 amide bonds. The first-order valence-electron chi connectivity index (χ1n) is 11.9. The minimum Gasteiger partial charge on any atom is -0.489 e. The number of rotatable bonds is 8. The average molecular weight is 596 g/mol. The van der Waals surface area contributed by atoms with E-state index in [1.807, 2.05) is 6.07 Å². The molecule has 1 fully saturated rings. The van der Waals surface area contributed by atoms with Gasteiger partial charge in [0, 0.05) is 6.42 Å². The van der Waals surface area contributed by atoms with E-state index in [1.165, 1.54) is 14.7 Å². The van der Waals surface area contributed by atoms with Crippen LogP contribution in [0.3, 0.4) is 0 Å². The number of benzene rings is 4. The Morgan fingerprint density at radius 2 is 1.43 bits per heavy atom. The molecule has 1 heterocycles. The molecule has 4 aromatic rings. The van der Waals surface area contributed by atoms with Crippen molar-refractivity contribution in [3.63, 3.8) is 0 Å². The fraction of sp³-hybridized carbons (Fsp3) is 0.200. The van der Waals surface area contributed by atoms with E-state index in [0.717, 1.165) is 46.5 Å². The van der Waals surface area contributed by atoms with Gasteiger partial charge in [0.15, 0.2) is 21.0 Å². The predicted octanol–water partition coefficient (Wildman–Crippen LogP) is 7.87. The van der Waals surface area contributed by atoms with Crippen LogP contribution in [-0.2, 0) is 22.2 Å². The minimum atomic E-state index is -0.153. The van der Waals surface area contributed by atoms with E-state index in [-0.39, 0.29) is 17.2 Å². The van der Waals surface area contributed by atoms with Crippen molar-refractivity contribution in [3.8, 4) is 11.5 Å². The van der Waals surface area contributed by atoms with Gasteiger partial charge in [-0.3, -0.25) is 0 Å². The van der Waals surface area contributed by atoms with E-state index in [4.69, 9.17) is 14.2 Å². The molecular weight excluding hydrogens is 567 g/mol. The Balaban J connectivity index is 1.25. The first-order chi connectivity index (χ1) is 17.3. The molecule has 1 atom stereocenters. The third-order valence-corrected chi connectivity index (χ3v) is 8.89. The van der Waals surface area contributed by atoms with Gasteiger partial charge in [-0.1, -0.05) is 42.5 Å². The van der Waals surface area contributed by atoms with Crippen molar-refractivity contribution in [1.29, 1.82) is 0 Å². The molecule has 4 aromatic carbocycles. The number of ether oxygens (including phenoxy) is 3. The second-order valence-electron chi connectivity index (χ2n) is 8.37. The lowest BCUT2D eigenvalue weighted by Crippen LogP contribution is -2.25. The lowest BCUT2D eigenvalue weighted by Gasteiger charge is -2.24. The van der Waals surface area contributed by atoms with Gasteiger partial charge in [-0.05, 0) is 102 Å².